The van der Waals surface area contributed by atoms with Crippen molar-refractivity contribution in [3.8, 4) is 5.75 Å². The fourth-order valence-electron chi connectivity index (χ4n) is 2.47. The minimum Gasteiger partial charge on any atom is -0.497 e. The van der Waals surface area contributed by atoms with Gasteiger partial charge in [0.2, 0.25) is 15.8 Å². The summed E-state index contributed by atoms with van der Waals surface area (Å²) in [5, 5.41) is 8.85. The van der Waals surface area contributed by atoms with E-state index in [-0.39, 0.29) is 23.0 Å². The average Bonchev–Trinajstić information content (AvgIpc) is 2.94. The lowest BCUT2D eigenvalue weighted by Crippen LogP contribution is -2.27. The second-order valence-corrected chi connectivity index (χ2v) is 7.40. The van der Waals surface area contributed by atoms with Crippen molar-refractivity contribution in [2.75, 3.05) is 14.2 Å². The fraction of sp³-hybridized carbons (Fsp3) is 0.312. The van der Waals surface area contributed by atoms with Gasteiger partial charge in [0.25, 0.3) is 0 Å². The zero-order chi connectivity index (χ0) is 18.1. The first-order valence-electron chi connectivity index (χ1n) is 7.10. The standard InChI is InChI=1S/C16H19NO6S/c1-10-7-13(22-4)8-11(2)15(10)24(20,21)17(3)9-12-5-6-14(23-12)16(18)19/h5-8H,9H2,1-4H3,(H,18,19). The van der Waals surface area contributed by atoms with Gasteiger partial charge in [0, 0.05) is 7.05 Å². The highest BCUT2D eigenvalue weighted by molar-refractivity contribution is 7.89. The minimum absolute atomic E-state index is 0.0689. The zero-order valence-corrected chi connectivity index (χ0v) is 14.7. The molecule has 24 heavy (non-hydrogen) atoms. The molecule has 0 bridgehead atoms. The monoisotopic (exact) mass is 353 g/mol. The Bertz CT molecular complexity index is 845. The van der Waals surface area contributed by atoms with E-state index in [1.807, 2.05) is 0 Å². The van der Waals surface area contributed by atoms with Crippen LogP contribution < -0.4 is 4.74 Å². The summed E-state index contributed by atoms with van der Waals surface area (Å²) in [6, 6.07) is 6.05. The van der Waals surface area contributed by atoms with Gasteiger partial charge < -0.3 is 14.3 Å². The first-order valence-corrected chi connectivity index (χ1v) is 8.54. The summed E-state index contributed by atoms with van der Waals surface area (Å²) >= 11 is 0. The molecule has 0 saturated heterocycles. The first-order chi connectivity index (χ1) is 11.2. The topological polar surface area (TPSA) is 97.1 Å². The second-order valence-electron chi connectivity index (χ2n) is 5.42. The number of aromatic carboxylic acids is 1. The lowest BCUT2D eigenvalue weighted by atomic mass is 10.1. The molecule has 0 aliphatic rings. The van der Waals surface area contributed by atoms with Gasteiger partial charge in [0.1, 0.15) is 11.5 Å². The highest BCUT2D eigenvalue weighted by Crippen LogP contribution is 2.28. The third kappa shape index (κ3) is 3.44. The molecule has 0 fully saturated rings. The quantitative estimate of drug-likeness (QED) is 0.856. The summed E-state index contributed by atoms with van der Waals surface area (Å²) in [4.78, 5) is 11.0. The molecule has 0 unspecified atom stereocenters. The predicted octanol–water partition coefficient (Wildman–Crippen LogP) is 2.42. The van der Waals surface area contributed by atoms with Crippen LogP contribution in [0.1, 0.15) is 27.4 Å². The van der Waals surface area contributed by atoms with Crippen molar-refractivity contribution in [2.45, 2.75) is 25.3 Å². The Balaban J connectivity index is 2.34. The number of carboxylic acids is 1. The normalized spacial score (nSPS) is 11.7. The van der Waals surface area contributed by atoms with Crippen LogP contribution in [-0.4, -0.2) is 38.0 Å². The molecule has 1 aromatic carbocycles. The molecule has 2 aromatic rings. The Morgan fingerprint density at radius 1 is 1.25 bits per heavy atom. The summed E-state index contributed by atoms with van der Waals surface area (Å²) in [7, 11) is -0.827. The summed E-state index contributed by atoms with van der Waals surface area (Å²) in [5.41, 5.74) is 1.15. The van der Waals surface area contributed by atoms with Crippen molar-refractivity contribution in [1.82, 2.24) is 4.31 Å². The molecule has 0 amide bonds. The van der Waals surface area contributed by atoms with Gasteiger partial charge in [-0.25, -0.2) is 13.2 Å². The molecule has 0 radical (unpaired) electrons. The van der Waals surface area contributed by atoms with Crippen LogP contribution in [0.25, 0.3) is 0 Å². The van der Waals surface area contributed by atoms with Crippen LogP contribution in [0.3, 0.4) is 0 Å². The van der Waals surface area contributed by atoms with Gasteiger partial charge in [-0.2, -0.15) is 4.31 Å². The van der Waals surface area contributed by atoms with Crippen LogP contribution in [0.4, 0.5) is 0 Å². The number of nitrogens with zero attached hydrogens (tertiary/aromatic N) is 1. The summed E-state index contributed by atoms with van der Waals surface area (Å²) in [5.74, 6) is -0.591. The smallest absolute Gasteiger partial charge is 0.371 e. The van der Waals surface area contributed by atoms with Crippen LogP contribution in [-0.2, 0) is 16.6 Å². The highest BCUT2D eigenvalue weighted by Gasteiger charge is 2.26. The number of carboxylic acid groups (broad SMARTS) is 1. The van der Waals surface area contributed by atoms with Crippen molar-refractivity contribution in [3.05, 3.63) is 46.9 Å². The number of benzene rings is 1. The third-order valence-electron chi connectivity index (χ3n) is 3.59. The van der Waals surface area contributed by atoms with Gasteiger partial charge in [0.05, 0.1) is 18.6 Å². The molecule has 8 heteroatoms. The summed E-state index contributed by atoms with van der Waals surface area (Å²) in [6.07, 6.45) is 0. The van der Waals surface area contributed by atoms with E-state index in [0.717, 1.165) is 4.31 Å². The molecule has 0 spiro atoms. The molecule has 2 rings (SSSR count). The maximum absolute atomic E-state index is 12.8. The Morgan fingerprint density at radius 2 is 1.83 bits per heavy atom. The molecule has 0 aliphatic carbocycles. The Kier molecular flexibility index (Phi) is 5.00. The molecular formula is C16H19NO6S. The maximum atomic E-state index is 12.8. The molecule has 0 atom stereocenters. The number of hydrogen-bond donors (Lipinski definition) is 1. The van der Waals surface area contributed by atoms with E-state index in [1.54, 1.807) is 26.0 Å². The Hall–Kier alpha value is -2.32. The Labute approximate surface area is 140 Å². The SMILES string of the molecule is COc1cc(C)c(S(=O)(=O)N(C)Cc2ccc(C(=O)O)o2)c(C)c1. The van der Waals surface area contributed by atoms with Crippen LogP contribution in [0.15, 0.2) is 33.6 Å². The van der Waals surface area contributed by atoms with Crippen molar-refractivity contribution in [1.29, 1.82) is 0 Å². The lowest BCUT2D eigenvalue weighted by Gasteiger charge is -2.19. The number of methoxy groups -OCH3 is 1. The number of sulfonamides is 1. The van der Waals surface area contributed by atoms with E-state index in [2.05, 4.69) is 0 Å². The van der Waals surface area contributed by atoms with Crippen LogP contribution in [0, 0.1) is 13.8 Å². The van der Waals surface area contributed by atoms with Crippen LogP contribution in [0.2, 0.25) is 0 Å². The largest absolute Gasteiger partial charge is 0.497 e. The number of furan rings is 1. The predicted molar refractivity (Wildman–Crippen MR) is 86.8 cm³/mol. The second kappa shape index (κ2) is 6.66. The number of ether oxygens (including phenoxy) is 1. The van der Waals surface area contributed by atoms with Crippen LogP contribution in [0.5, 0.6) is 5.75 Å². The molecule has 130 valence electrons. The molecule has 1 heterocycles. The molecule has 7 nitrogen and oxygen atoms in total. The van der Waals surface area contributed by atoms with E-state index in [4.69, 9.17) is 14.3 Å². The number of hydrogen-bond acceptors (Lipinski definition) is 5. The van der Waals surface area contributed by atoms with Gasteiger partial charge >= 0.3 is 5.97 Å². The highest BCUT2D eigenvalue weighted by atomic mass is 32.2. The number of carbonyl (C=O) groups is 1. The van der Waals surface area contributed by atoms with Crippen molar-refractivity contribution in [2.24, 2.45) is 0 Å². The van der Waals surface area contributed by atoms with E-state index in [0.29, 0.717) is 16.9 Å². The lowest BCUT2D eigenvalue weighted by molar-refractivity contribution is 0.0659. The summed E-state index contributed by atoms with van der Waals surface area (Å²) in [6.45, 7) is 3.33. The number of rotatable bonds is 6. The molecular weight excluding hydrogens is 334 g/mol. The van der Waals surface area contributed by atoms with E-state index in [9.17, 15) is 13.2 Å². The van der Waals surface area contributed by atoms with Gasteiger partial charge in [-0.15, -0.1) is 0 Å². The van der Waals surface area contributed by atoms with Gasteiger partial charge in [-0.3, -0.25) is 0 Å². The van der Waals surface area contributed by atoms with Crippen molar-refractivity contribution in [3.63, 3.8) is 0 Å². The average molecular weight is 353 g/mol. The van der Waals surface area contributed by atoms with E-state index >= 15 is 0 Å². The van der Waals surface area contributed by atoms with Crippen molar-refractivity contribution < 1.29 is 27.5 Å². The zero-order valence-electron chi connectivity index (χ0n) is 13.9. The third-order valence-corrected chi connectivity index (χ3v) is 5.70. The first kappa shape index (κ1) is 18.0. The van der Waals surface area contributed by atoms with Gasteiger partial charge in [-0.1, -0.05) is 0 Å². The van der Waals surface area contributed by atoms with Gasteiger partial charge in [-0.05, 0) is 49.2 Å². The van der Waals surface area contributed by atoms with E-state index in [1.165, 1.54) is 26.3 Å². The number of aryl methyl sites for hydroxylation is 2. The fourth-order valence-corrected chi connectivity index (χ4v) is 4.01. The van der Waals surface area contributed by atoms with Gasteiger partial charge in [0.15, 0.2) is 0 Å². The molecule has 1 N–H and O–H groups in total. The van der Waals surface area contributed by atoms with E-state index < -0.39 is 16.0 Å². The van der Waals surface area contributed by atoms with Crippen LogP contribution >= 0.6 is 0 Å². The molecule has 0 saturated carbocycles. The maximum Gasteiger partial charge on any atom is 0.371 e. The van der Waals surface area contributed by atoms with Crippen molar-refractivity contribution >= 4 is 16.0 Å². The molecule has 1 aromatic heterocycles. The summed E-state index contributed by atoms with van der Waals surface area (Å²) < 4.78 is 37.1. The minimum atomic E-state index is -3.76. The Morgan fingerprint density at radius 3 is 2.29 bits per heavy atom. The molecule has 0 aliphatic heterocycles.